The fourth-order valence-electron chi connectivity index (χ4n) is 2.77. The minimum absolute atomic E-state index is 0.0502. The average molecular weight is 362 g/mol. The molecule has 0 bridgehead atoms. The lowest BCUT2D eigenvalue weighted by Crippen LogP contribution is -2.09. The van der Waals surface area contributed by atoms with Gasteiger partial charge in [0.2, 0.25) is 5.91 Å². The van der Waals surface area contributed by atoms with Crippen molar-refractivity contribution in [2.45, 2.75) is 13.8 Å². The molecule has 0 saturated heterocycles. The van der Waals surface area contributed by atoms with E-state index < -0.39 is 4.92 Å². The van der Waals surface area contributed by atoms with Gasteiger partial charge in [-0.25, -0.2) is 4.68 Å². The summed E-state index contributed by atoms with van der Waals surface area (Å²) in [6.45, 7) is 3.68. The normalized spacial score (nSPS) is 10.9. The molecule has 1 aromatic heterocycles. The van der Waals surface area contributed by atoms with Gasteiger partial charge in [-0.2, -0.15) is 5.10 Å². The predicted octanol–water partition coefficient (Wildman–Crippen LogP) is 4.05. The number of para-hydroxylation sites is 2. The van der Waals surface area contributed by atoms with Gasteiger partial charge >= 0.3 is 0 Å². The zero-order chi connectivity index (χ0) is 19.4. The number of amides is 1. The van der Waals surface area contributed by atoms with Crippen LogP contribution in [0.5, 0.6) is 0 Å². The maximum absolute atomic E-state index is 12.3. The Kier molecular flexibility index (Phi) is 5.12. The van der Waals surface area contributed by atoms with Crippen LogP contribution >= 0.6 is 0 Å². The molecule has 3 rings (SSSR count). The van der Waals surface area contributed by atoms with Crippen LogP contribution in [0.4, 0.5) is 11.4 Å². The minimum Gasteiger partial charge on any atom is -0.319 e. The number of hydrogen-bond acceptors (Lipinski definition) is 4. The molecule has 136 valence electrons. The van der Waals surface area contributed by atoms with E-state index in [2.05, 4.69) is 10.4 Å². The first-order valence-corrected chi connectivity index (χ1v) is 8.31. The van der Waals surface area contributed by atoms with Crippen molar-refractivity contribution in [1.82, 2.24) is 9.78 Å². The Labute approximate surface area is 156 Å². The third-order valence-electron chi connectivity index (χ3n) is 4.09. The van der Waals surface area contributed by atoms with Gasteiger partial charge in [0.05, 0.1) is 33.2 Å². The molecule has 0 aliphatic rings. The highest BCUT2D eigenvalue weighted by Gasteiger charge is 2.15. The highest BCUT2D eigenvalue weighted by Crippen LogP contribution is 2.23. The zero-order valence-electron chi connectivity index (χ0n) is 14.9. The molecule has 27 heavy (non-hydrogen) atoms. The van der Waals surface area contributed by atoms with Gasteiger partial charge in [0.25, 0.3) is 5.69 Å². The van der Waals surface area contributed by atoms with E-state index in [4.69, 9.17) is 0 Å². The topological polar surface area (TPSA) is 90.1 Å². The average Bonchev–Trinajstić information content (AvgIpc) is 2.95. The molecule has 0 unspecified atom stereocenters. The van der Waals surface area contributed by atoms with Gasteiger partial charge in [0, 0.05) is 12.1 Å². The van der Waals surface area contributed by atoms with Gasteiger partial charge in [0.1, 0.15) is 0 Å². The van der Waals surface area contributed by atoms with Gasteiger partial charge in [-0.1, -0.05) is 30.3 Å². The second-order valence-corrected chi connectivity index (χ2v) is 5.93. The summed E-state index contributed by atoms with van der Waals surface area (Å²) in [6.07, 6.45) is 2.71. The van der Waals surface area contributed by atoms with Crippen LogP contribution in [0.15, 0.2) is 60.7 Å². The van der Waals surface area contributed by atoms with E-state index in [0.29, 0.717) is 16.9 Å². The van der Waals surface area contributed by atoms with Crippen LogP contribution in [0, 0.1) is 24.0 Å². The van der Waals surface area contributed by atoms with Crippen molar-refractivity contribution in [3.63, 3.8) is 0 Å². The maximum atomic E-state index is 12.3. The standard InChI is InChI=1S/C20H18N4O3/c1-14-20(15(2)23(22-14)17-9-4-3-5-10-17)21-19(25)13-12-16-8-6-7-11-18(16)24(26)27/h3-13H,1-2H3,(H,21,25)/b13-12+. The number of rotatable bonds is 5. The van der Waals surface area contributed by atoms with Crippen LogP contribution in [-0.2, 0) is 4.79 Å². The molecule has 2 aromatic carbocycles. The Morgan fingerprint density at radius 2 is 1.78 bits per heavy atom. The SMILES string of the molecule is Cc1nn(-c2ccccc2)c(C)c1NC(=O)/C=C/c1ccccc1[N+](=O)[O-]. The summed E-state index contributed by atoms with van der Waals surface area (Å²) >= 11 is 0. The molecule has 0 aliphatic carbocycles. The lowest BCUT2D eigenvalue weighted by Gasteiger charge is -2.05. The third-order valence-corrected chi connectivity index (χ3v) is 4.09. The molecule has 1 amide bonds. The van der Waals surface area contributed by atoms with Gasteiger partial charge in [0.15, 0.2) is 0 Å². The summed E-state index contributed by atoms with van der Waals surface area (Å²) in [5.41, 5.74) is 3.32. The summed E-state index contributed by atoms with van der Waals surface area (Å²) in [5, 5.41) is 18.3. The second kappa shape index (κ2) is 7.65. The van der Waals surface area contributed by atoms with E-state index in [1.807, 2.05) is 44.2 Å². The summed E-state index contributed by atoms with van der Waals surface area (Å²) in [5.74, 6) is -0.382. The molecule has 7 nitrogen and oxygen atoms in total. The Hall–Kier alpha value is -3.74. The zero-order valence-corrected chi connectivity index (χ0v) is 14.9. The number of nitrogens with one attached hydrogen (secondary N) is 1. The summed E-state index contributed by atoms with van der Waals surface area (Å²) < 4.78 is 1.76. The number of anilines is 1. The minimum atomic E-state index is -0.476. The van der Waals surface area contributed by atoms with Crippen LogP contribution in [-0.4, -0.2) is 20.6 Å². The number of carbonyl (C=O) groups is 1. The van der Waals surface area contributed by atoms with Crippen LogP contribution in [0.25, 0.3) is 11.8 Å². The molecule has 0 radical (unpaired) electrons. The molecule has 0 saturated carbocycles. The smallest absolute Gasteiger partial charge is 0.276 e. The van der Waals surface area contributed by atoms with Crippen LogP contribution in [0.1, 0.15) is 17.0 Å². The van der Waals surface area contributed by atoms with E-state index in [9.17, 15) is 14.9 Å². The second-order valence-electron chi connectivity index (χ2n) is 5.93. The Balaban J connectivity index is 1.81. The molecule has 0 aliphatic heterocycles. The highest BCUT2D eigenvalue weighted by atomic mass is 16.6. The van der Waals surface area contributed by atoms with E-state index in [-0.39, 0.29) is 11.6 Å². The van der Waals surface area contributed by atoms with Gasteiger partial charge in [-0.05, 0) is 38.1 Å². The van der Waals surface area contributed by atoms with Gasteiger partial charge in [-0.15, -0.1) is 0 Å². The highest BCUT2D eigenvalue weighted by molar-refractivity contribution is 6.02. The molecule has 0 fully saturated rings. The van der Waals surface area contributed by atoms with Crippen molar-refractivity contribution in [3.05, 3.63) is 87.7 Å². The molecule has 0 atom stereocenters. The molecule has 1 heterocycles. The number of benzene rings is 2. The van der Waals surface area contributed by atoms with Crippen LogP contribution in [0.2, 0.25) is 0 Å². The third kappa shape index (κ3) is 3.92. The molecular weight excluding hydrogens is 344 g/mol. The van der Waals surface area contributed by atoms with E-state index in [1.54, 1.807) is 22.9 Å². The number of nitro groups is 1. The van der Waals surface area contributed by atoms with Crippen LogP contribution < -0.4 is 5.32 Å². The molecule has 1 N–H and O–H groups in total. The molecule has 3 aromatic rings. The fourth-order valence-corrected chi connectivity index (χ4v) is 2.77. The largest absolute Gasteiger partial charge is 0.319 e. The Morgan fingerprint density at radius 3 is 2.48 bits per heavy atom. The number of nitrogens with zero attached hydrogens (tertiary/aromatic N) is 3. The van der Waals surface area contributed by atoms with E-state index in [0.717, 1.165) is 11.4 Å². The van der Waals surface area contributed by atoms with E-state index >= 15 is 0 Å². The van der Waals surface area contributed by atoms with Gasteiger partial charge < -0.3 is 5.32 Å². The molecule has 7 heteroatoms. The lowest BCUT2D eigenvalue weighted by atomic mass is 10.1. The summed E-state index contributed by atoms with van der Waals surface area (Å²) in [6, 6.07) is 15.9. The number of aromatic nitrogens is 2. The Morgan fingerprint density at radius 1 is 1.11 bits per heavy atom. The Bertz CT molecular complexity index is 1020. The molecule has 0 spiro atoms. The van der Waals surface area contributed by atoms with Crippen molar-refractivity contribution < 1.29 is 9.72 Å². The monoisotopic (exact) mass is 362 g/mol. The van der Waals surface area contributed by atoms with Crippen molar-refractivity contribution in [2.75, 3.05) is 5.32 Å². The number of nitro benzene ring substituents is 1. The lowest BCUT2D eigenvalue weighted by molar-refractivity contribution is -0.385. The first-order chi connectivity index (χ1) is 13.0. The van der Waals surface area contributed by atoms with Crippen molar-refractivity contribution in [1.29, 1.82) is 0 Å². The number of aryl methyl sites for hydroxylation is 1. The summed E-state index contributed by atoms with van der Waals surface area (Å²) in [7, 11) is 0. The first kappa shape index (κ1) is 18.1. The molecular formula is C20H18N4O3. The predicted molar refractivity (Wildman–Crippen MR) is 104 cm³/mol. The van der Waals surface area contributed by atoms with Crippen molar-refractivity contribution >= 4 is 23.4 Å². The maximum Gasteiger partial charge on any atom is 0.276 e. The van der Waals surface area contributed by atoms with Gasteiger partial charge in [-0.3, -0.25) is 14.9 Å². The quantitative estimate of drug-likeness (QED) is 0.421. The van der Waals surface area contributed by atoms with Crippen LogP contribution in [0.3, 0.4) is 0 Å². The number of hydrogen-bond donors (Lipinski definition) is 1. The van der Waals surface area contributed by atoms with E-state index in [1.165, 1.54) is 18.2 Å². The number of carbonyl (C=O) groups excluding carboxylic acids is 1. The fraction of sp³-hybridized carbons (Fsp3) is 0.100. The summed E-state index contributed by atoms with van der Waals surface area (Å²) in [4.78, 5) is 22.9. The first-order valence-electron chi connectivity index (χ1n) is 8.31. The van der Waals surface area contributed by atoms with Crippen molar-refractivity contribution in [3.8, 4) is 5.69 Å². The van der Waals surface area contributed by atoms with Crippen molar-refractivity contribution in [2.24, 2.45) is 0 Å².